The first-order chi connectivity index (χ1) is 8.39. The second-order valence-electron chi connectivity index (χ2n) is 4.28. The first kappa shape index (κ1) is 16.2. The van der Waals surface area contributed by atoms with Gasteiger partial charge in [-0.25, -0.2) is 4.79 Å². The minimum absolute atomic E-state index is 0.729. The molecule has 100 valence electrons. The third-order valence-corrected chi connectivity index (χ3v) is 2.34. The highest BCUT2D eigenvalue weighted by Gasteiger charge is 2.15. The lowest BCUT2D eigenvalue weighted by molar-refractivity contribution is 0.106. The molecule has 0 atom stereocenters. The molecule has 0 bridgehead atoms. The van der Waals surface area contributed by atoms with Gasteiger partial charge in [-0.2, -0.15) is 0 Å². The SMILES string of the molecule is C=CC=C(C=CC=COC(=O)OC)O[Si](C)(C)C. The highest BCUT2D eigenvalue weighted by atomic mass is 28.4. The lowest BCUT2D eigenvalue weighted by Crippen LogP contribution is -2.24. The van der Waals surface area contributed by atoms with Crippen LogP contribution in [0.3, 0.4) is 0 Å². The number of methoxy groups -OCH3 is 1. The van der Waals surface area contributed by atoms with Crippen molar-refractivity contribution < 1.29 is 18.7 Å². The van der Waals surface area contributed by atoms with E-state index >= 15 is 0 Å². The maximum atomic E-state index is 10.6. The summed E-state index contributed by atoms with van der Waals surface area (Å²) in [4.78, 5) is 10.6. The Hall–Kier alpha value is -1.75. The van der Waals surface area contributed by atoms with E-state index in [1.165, 1.54) is 13.4 Å². The molecular weight excluding hydrogens is 248 g/mol. The van der Waals surface area contributed by atoms with Crippen molar-refractivity contribution in [1.29, 1.82) is 0 Å². The maximum Gasteiger partial charge on any atom is 0.512 e. The predicted octanol–water partition coefficient (Wildman–Crippen LogP) is 3.76. The number of hydrogen-bond acceptors (Lipinski definition) is 4. The quantitative estimate of drug-likeness (QED) is 0.318. The molecule has 0 aromatic carbocycles. The standard InChI is InChI=1S/C13H20O4Si/c1-6-9-12(17-18(3,4)5)10-7-8-11-16-13(14)15-2/h6-11H,1H2,2-5H3. The summed E-state index contributed by atoms with van der Waals surface area (Å²) < 4.78 is 14.7. The summed E-state index contributed by atoms with van der Waals surface area (Å²) >= 11 is 0. The number of rotatable bonds is 6. The van der Waals surface area contributed by atoms with Gasteiger partial charge in [0, 0.05) is 0 Å². The summed E-state index contributed by atoms with van der Waals surface area (Å²) in [6.07, 6.45) is 8.98. The maximum absolute atomic E-state index is 10.6. The van der Waals surface area contributed by atoms with Gasteiger partial charge in [-0.1, -0.05) is 18.7 Å². The molecule has 5 heteroatoms. The van der Waals surface area contributed by atoms with Crippen molar-refractivity contribution in [3.8, 4) is 0 Å². The molecule has 0 aliphatic carbocycles. The molecule has 0 unspecified atom stereocenters. The zero-order valence-corrected chi connectivity index (χ0v) is 12.3. The van der Waals surface area contributed by atoms with Gasteiger partial charge in [0.15, 0.2) is 0 Å². The van der Waals surface area contributed by atoms with Gasteiger partial charge < -0.3 is 13.9 Å². The van der Waals surface area contributed by atoms with Gasteiger partial charge in [-0.05, 0) is 37.9 Å². The van der Waals surface area contributed by atoms with E-state index in [9.17, 15) is 4.79 Å². The highest BCUT2D eigenvalue weighted by molar-refractivity contribution is 6.70. The molecule has 0 aromatic heterocycles. The molecule has 0 saturated heterocycles. The highest BCUT2D eigenvalue weighted by Crippen LogP contribution is 2.11. The first-order valence-electron chi connectivity index (χ1n) is 5.48. The van der Waals surface area contributed by atoms with E-state index in [0.717, 1.165) is 5.76 Å². The largest absolute Gasteiger partial charge is 0.544 e. The Balaban J connectivity index is 4.38. The van der Waals surface area contributed by atoms with Crippen molar-refractivity contribution in [2.75, 3.05) is 7.11 Å². The molecule has 18 heavy (non-hydrogen) atoms. The van der Waals surface area contributed by atoms with Gasteiger partial charge >= 0.3 is 6.16 Å². The molecule has 0 saturated carbocycles. The third-order valence-electron chi connectivity index (χ3n) is 1.49. The van der Waals surface area contributed by atoms with Crippen LogP contribution < -0.4 is 0 Å². The van der Waals surface area contributed by atoms with Crippen LogP contribution in [0.15, 0.2) is 49.0 Å². The van der Waals surface area contributed by atoms with Crippen molar-refractivity contribution in [1.82, 2.24) is 0 Å². The Bertz CT molecular complexity index is 362. The Morgan fingerprint density at radius 3 is 2.39 bits per heavy atom. The fourth-order valence-electron chi connectivity index (χ4n) is 0.932. The number of allylic oxidation sites excluding steroid dienone is 5. The van der Waals surface area contributed by atoms with E-state index in [2.05, 4.69) is 35.7 Å². The van der Waals surface area contributed by atoms with Crippen LogP contribution in [0.5, 0.6) is 0 Å². The monoisotopic (exact) mass is 268 g/mol. The normalized spacial score (nSPS) is 12.8. The van der Waals surface area contributed by atoms with Gasteiger partial charge in [-0.15, -0.1) is 0 Å². The summed E-state index contributed by atoms with van der Waals surface area (Å²) in [7, 11) is -0.398. The van der Waals surface area contributed by atoms with Crippen LogP contribution in [0.2, 0.25) is 19.6 Å². The minimum Gasteiger partial charge on any atom is -0.544 e. The topological polar surface area (TPSA) is 44.8 Å². The van der Waals surface area contributed by atoms with Crippen LogP contribution in [0.25, 0.3) is 0 Å². The van der Waals surface area contributed by atoms with Crippen LogP contribution in [-0.4, -0.2) is 21.6 Å². The Kier molecular flexibility index (Phi) is 7.54. The van der Waals surface area contributed by atoms with Crippen molar-refractivity contribution in [2.24, 2.45) is 0 Å². The van der Waals surface area contributed by atoms with Crippen LogP contribution >= 0.6 is 0 Å². The molecule has 0 aromatic rings. The van der Waals surface area contributed by atoms with Gasteiger partial charge in [0.1, 0.15) is 5.76 Å². The van der Waals surface area contributed by atoms with Crippen LogP contribution in [0, 0.1) is 0 Å². The van der Waals surface area contributed by atoms with E-state index in [1.807, 2.05) is 0 Å². The van der Waals surface area contributed by atoms with E-state index in [1.54, 1.807) is 30.4 Å². The van der Waals surface area contributed by atoms with E-state index in [-0.39, 0.29) is 0 Å². The molecule has 0 rings (SSSR count). The van der Waals surface area contributed by atoms with Crippen LogP contribution in [0.1, 0.15) is 0 Å². The summed E-state index contributed by atoms with van der Waals surface area (Å²) in [6, 6.07) is 0. The molecule has 0 aliphatic rings. The second kappa shape index (κ2) is 8.35. The smallest absolute Gasteiger partial charge is 0.512 e. The van der Waals surface area contributed by atoms with Crippen LogP contribution in [0.4, 0.5) is 4.79 Å². The Morgan fingerprint density at radius 2 is 1.89 bits per heavy atom. The molecule has 0 radical (unpaired) electrons. The Labute approximate surface area is 109 Å². The van der Waals surface area contributed by atoms with Crippen LogP contribution in [-0.2, 0) is 13.9 Å². The Morgan fingerprint density at radius 1 is 1.22 bits per heavy atom. The summed E-state index contributed by atoms with van der Waals surface area (Å²) in [5, 5.41) is 0. The lowest BCUT2D eigenvalue weighted by atomic mass is 10.4. The molecule has 0 amide bonds. The van der Waals surface area contributed by atoms with Gasteiger partial charge in [0.2, 0.25) is 8.32 Å². The minimum atomic E-state index is -1.65. The molecular formula is C13H20O4Si. The number of ether oxygens (including phenoxy) is 2. The zero-order valence-electron chi connectivity index (χ0n) is 11.3. The summed E-state index contributed by atoms with van der Waals surface area (Å²) in [6.45, 7) is 9.90. The molecule has 4 nitrogen and oxygen atoms in total. The van der Waals surface area contributed by atoms with E-state index in [4.69, 9.17) is 4.43 Å². The summed E-state index contributed by atoms with van der Waals surface area (Å²) in [5.74, 6) is 0.729. The average Bonchev–Trinajstić information content (AvgIpc) is 2.26. The number of hydrogen-bond donors (Lipinski definition) is 0. The molecule has 0 N–H and O–H groups in total. The molecule has 0 spiro atoms. The lowest BCUT2D eigenvalue weighted by Gasteiger charge is -2.19. The van der Waals surface area contributed by atoms with Gasteiger partial charge in [-0.3, -0.25) is 0 Å². The van der Waals surface area contributed by atoms with Crippen molar-refractivity contribution in [3.63, 3.8) is 0 Å². The second-order valence-corrected chi connectivity index (χ2v) is 8.71. The molecule has 0 aliphatic heterocycles. The van der Waals surface area contributed by atoms with E-state index < -0.39 is 14.5 Å². The zero-order chi connectivity index (χ0) is 14.0. The fourth-order valence-corrected chi connectivity index (χ4v) is 1.78. The predicted molar refractivity (Wildman–Crippen MR) is 74.5 cm³/mol. The number of carbonyl (C=O) groups is 1. The van der Waals surface area contributed by atoms with E-state index in [0.29, 0.717) is 0 Å². The van der Waals surface area contributed by atoms with Crippen molar-refractivity contribution in [2.45, 2.75) is 19.6 Å². The molecule has 0 heterocycles. The third kappa shape index (κ3) is 9.47. The van der Waals surface area contributed by atoms with Gasteiger partial charge in [0.25, 0.3) is 0 Å². The fraction of sp³-hybridized carbons (Fsp3) is 0.308. The first-order valence-corrected chi connectivity index (χ1v) is 8.89. The van der Waals surface area contributed by atoms with Crippen molar-refractivity contribution >= 4 is 14.5 Å². The average molecular weight is 268 g/mol. The van der Waals surface area contributed by atoms with Gasteiger partial charge in [0.05, 0.1) is 13.4 Å². The number of carbonyl (C=O) groups excluding carboxylic acids is 1. The summed E-state index contributed by atoms with van der Waals surface area (Å²) in [5.41, 5.74) is 0. The van der Waals surface area contributed by atoms with Crippen molar-refractivity contribution in [3.05, 3.63) is 49.0 Å². The molecule has 0 fully saturated rings.